The van der Waals surface area contributed by atoms with Gasteiger partial charge >= 0.3 is 11.9 Å². The van der Waals surface area contributed by atoms with Gasteiger partial charge in [-0.3, -0.25) is 0 Å². The lowest BCUT2D eigenvalue weighted by molar-refractivity contribution is 0.0719. The highest BCUT2D eigenvalue weighted by atomic mass is 16.5. The lowest BCUT2D eigenvalue weighted by Crippen LogP contribution is -2.09. The minimum atomic E-state index is -0.432. The first-order valence-corrected chi connectivity index (χ1v) is 8.19. The van der Waals surface area contributed by atoms with Crippen LogP contribution in [-0.2, 0) is 0 Å². The van der Waals surface area contributed by atoms with E-state index in [9.17, 15) is 9.59 Å². The van der Waals surface area contributed by atoms with Gasteiger partial charge in [0.05, 0.1) is 11.1 Å². The minimum Gasteiger partial charge on any atom is -0.423 e. The van der Waals surface area contributed by atoms with Crippen LogP contribution in [0, 0.1) is 13.8 Å². The van der Waals surface area contributed by atoms with Crippen molar-refractivity contribution in [3.05, 3.63) is 95.1 Å². The first kappa shape index (κ1) is 17.4. The molecule has 0 aliphatic rings. The van der Waals surface area contributed by atoms with Gasteiger partial charge in [0.2, 0.25) is 0 Å². The molecule has 130 valence electrons. The summed E-state index contributed by atoms with van der Waals surface area (Å²) in [7, 11) is 0. The van der Waals surface area contributed by atoms with Gasteiger partial charge in [0, 0.05) is 0 Å². The number of carbonyl (C=O) groups excluding carboxylic acids is 2. The molecule has 0 amide bonds. The molecule has 0 bridgehead atoms. The molecule has 0 aliphatic heterocycles. The van der Waals surface area contributed by atoms with Crippen molar-refractivity contribution >= 4 is 11.9 Å². The van der Waals surface area contributed by atoms with Crippen LogP contribution in [0.25, 0.3) is 0 Å². The van der Waals surface area contributed by atoms with Gasteiger partial charge in [0.1, 0.15) is 11.5 Å². The second-order valence-electron chi connectivity index (χ2n) is 5.99. The topological polar surface area (TPSA) is 52.6 Å². The zero-order chi connectivity index (χ0) is 18.5. The first-order chi connectivity index (χ1) is 12.5. The van der Waals surface area contributed by atoms with E-state index in [0.29, 0.717) is 22.6 Å². The molecule has 0 radical (unpaired) electrons. The van der Waals surface area contributed by atoms with Gasteiger partial charge in [-0.05, 0) is 62.4 Å². The lowest BCUT2D eigenvalue weighted by Gasteiger charge is -2.07. The van der Waals surface area contributed by atoms with Crippen LogP contribution in [0.5, 0.6) is 11.5 Å². The lowest BCUT2D eigenvalue weighted by atomic mass is 10.1. The molecule has 0 atom stereocenters. The molecule has 26 heavy (non-hydrogen) atoms. The van der Waals surface area contributed by atoms with Crippen molar-refractivity contribution in [2.75, 3.05) is 0 Å². The number of carbonyl (C=O) groups is 2. The number of hydrogen-bond donors (Lipinski definition) is 0. The zero-order valence-corrected chi connectivity index (χ0v) is 14.6. The van der Waals surface area contributed by atoms with E-state index in [-0.39, 0.29) is 0 Å². The Balaban J connectivity index is 1.65. The van der Waals surface area contributed by atoms with Crippen molar-refractivity contribution in [1.29, 1.82) is 0 Å². The van der Waals surface area contributed by atoms with E-state index in [0.717, 1.165) is 11.1 Å². The van der Waals surface area contributed by atoms with Gasteiger partial charge in [-0.15, -0.1) is 0 Å². The third kappa shape index (κ3) is 4.36. The summed E-state index contributed by atoms with van der Waals surface area (Å²) in [6, 6.07) is 20.7. The summed E-state index contributed by atoms with van der Waals surface area (Å²) in [5.74, 6) is -0.102. The smallest absolute Gasteiger partial charge is 0.343 e. The van der Waals surface area contributed by atoms with Gasteiger partial charge in [-0.1, -0.05) is 35.4 Å². The van der Waals surface area contributed by atoms with E-state index in [1.807, 2.05) is 26.0 Å². The fourth-order valence-electron chi connectivity index (χ4n) is 2.45. The van der Waals surface area contributed by atoms with Crippen LogP contribution in [0.1, 0.15) is 31.8 Å². The van der Waals surface area contributed by atoms with E-state index in [1.54, 1.807) is 60.7 Å². The van der Waals surface area contributed by atoms with Gasteiger partial charge in [0.15, 0.2) is 0 Å². The predicted molar refractivity (Wildman–Crippen MR) is 98.7 cm³/mol. The average Bonchev–Trinajstić information content (AvgIpc) is 2.63. The summed E-state index contributed by atoms with van der Waals surface area (Å²) in [6.45, 7) is 3.82. The standard InChI is InChI=1S/C22H18O4/c1-15-5-3-7-17(13-15)21(23)25-19-9-11-20(12-10-19)26-22(24)18-8-4-6-16(2)14-18/h3-14H,1-2H3. The normalized spacial score (nSPS) is 10.2. The van der Waals surface area contributed by atoms with Crippen molar-refractivity contribution in [3.63, 3.8) is 0 Å². The van der Waals surface area contributed by atoms with Crippen LogP contribution in [-0.4, -0.2) is 11.9 Å². The molecule has 0 aromatic heterocycles. The molecular weight excluding hydrogens is 328 g/mol. The highest BCUT2D eigenvalue weighted by Gasteiger charge is 2.11. The Kier molecular flexibility index (Phi) is 5.13. The van der Waals surface area contributed by atoms with Crippen molar-refractivity contribution < 1.29 is 19.1 Å². The number of benzene rings is 3. The molecule has 0 unspecified atom stereocenters. The van der Waals surface area contributed by atoms with Gasteiger partial charge in [-0.2, -0.15) is 0 Å². The Labute approximate surface area is 152 Å². The summed E-state index contributed by atoms with van der Waals surface area (Å²) in [4.78, 5) is 24.3. The second-order valence-corrected chi connectivity index (χ2v) is 5.99. The number of hydrogen-bond acceptors (Lipinski definition) is 4. The molecule has 0 saturated carbocycles. The molecule has 0 aliphatic carbocycles. The molecule has 0 N–H and O–H groups in total. The Morgan fingerprint density at radius 3 is 1.35 bits per heavy atom. The summed E-state index contributed by atoms with van der Waals surface area (Å²) in [5, 5.41) is 0. The van der Waals surface area contributed by atoms with E-state index in [4.69, 9.17) is 9.47 Å². The third-order valence-electron chi connectivity index (χ3n) is 3.75. The Morgan fingerprint density at radius 2 is 1.00 bits per heavy atom. The van der Waals surface area contributed by atoms with Crippen molar-refractivity contribution in [3.8, 4) is 11.5 Å². The molecule has 3 rings (SSSR count). The summed E-state index contributed by atoms with van der Waals surface area (Å²) >= 11 is 0. The number of ether oxygens (including phenoxy) is 2. The van der Waals surface area contributed by atoms with Crippen LogP contribution in [0.2, 0.25) is 0 Å². The van der Waals surface area contributed by atoms with Crippen molar-refractivity contribution in [2.45, 2.75) is 13.8 Å². The maximum Gasteiger partial charge on any atom is 0.343 e. The van der Waals surface area contributed by atoms with E-state index in [1.165, 1.54) is 0 Å². The van der Waals surface area contributed by atoms with Crippen molar-refractivity contribution in [2.24, 2.45) is 0 Å². The van der Waals surface area contributed by atoms with E-state index in [2.05, 4.69) is 0 Å². The van der Waals surface area contributed by atoms with Gasteiger partial charge in [-0.25, -0.2) is 9.59 Å². The SMILES string of the molecule is Cc1cccc(C(=O)Oc2ccc(OC(=O)c3cccc(C)c3)cc2)c1. The average molecular weight is 346 g/mol. The Bertz CT molecular complexity index is 864. The first-order valence-electron chi connectivity index (χ1n) is 8.19. The molecule has 0 heterocycles. The Hall–Kier alpha value is -3.40. The van der Waals surface area contributed by atoms with Crippen LogP contribution in [0.3, 0.4) is 0 Å². The molecule has 3 aromatic carbocycles. The summed E-state index contributed by atoms with van der Waals surface area (Å²) in [5.41, 5.74) is 2.94. The molecule has 3 aromatic rings. The maximum absolute atomic E-state index is 12.1. The molecule has 0 saturated heterocycles. The second kappa shape index (κ2) is 7.66. The zero-order valence-electron chi connectivity index (χ0n) is 14.6. The third-order valence-corrected chi connectivity index (χ3v) is 3.75. The molecule has 4 heteroatoms. The number of aryl methyl sites for hydroxylation is 2. The summed E-state index contributed by atoms with van der Waals surface area (Å²) in [6.07, 6.45) is 0. The summed E-state index contributed by atoms with van der Waals surface area (Å²) < 4.78 is 10.7. The number of esters is 2. The van der Waals surface area contributed by atoms with Crippen molar-refractivity contribution in [1.82, 2.24) is 0 Å². The predicted octanol–water partition coefficient (Wildman–Crippen LogP) is 4.74. The molecule has 0 spiro atoms. The highest BCUT2D eigenvalue weighted by Crippen LogP contribution is 2.20. The van der Waals surface area contributed by atoms with Crippen LogP contribution in [0.4, 0.5) is 0 Å². The van der Waals surface area contributed by atoms with E-state index < -0.39 is 11.9 Å². The minimum absolute atomic E-state index is 0.381. The fourth-order valence-corrected chi connectivity index (χ4v) is 2.45. The van der Waals surface area contributed by atoms with E-state index >= 15 is 0 Å². The van der Waals surface area contributed by atoms with Crippen LogP contribution in [0.15, 0.2) is 72.8 Å². The van der Waals surface area contributed by atoms with Gasteiger partial charge < -0.3 is 9.47 Å². The molecular formula is C22H18O4. The quantitative estimate of drug-likeness (QED) is 0.506. The van der Waals surface area contributed by atoms with Crippen LogP contribution >= 0.6 is 0 Å². The monoisotopic (exact) mass is 346 g/mol. The maximum atomic E-state index is 12.1. The largest absolute Gasteiger partial charge is 0.423 e. The fraction of sp³-hybridized carbons (Fsp3) is 0.0909. The molecule has 0 fully saturated rings. The highest BCUT2D eigenvalue weighted by molar-refractivity contribution is 5.92. The van der Waals surface area contributed by atoms with Crippen LogP contribution < -0.4 is 9.47 Å². The Morgan fingerprint density at radius 1 is 0.615 bits per heavy atom. The number of rotatable bonds is 4. The van der Waals surface area contributed by atoms with Gasteiger partial charge in [0.25, 0.3) is 0 Å². The molecule has 4 nitrogen and oxygen atoms in total.